The summed E-state index contributed by atoms with van der Waals surface area (Å²) in [6.45, 7) is -1.26. The summed E-state index contributed by atoms with van der Waals surface area (Å²) in [5, 5.41) is 1.71. The number of hydrogen-bond acceptors (Lipinski definition) is 2. The molecule has 6 heteroatoms. The second-order valence-corrected chi connectivity index (χ2v) is 2.31. The summed E-state index contributed by atoms with van der Waals surface area (Å²) >= 11 is 3.68. The Bertz CT molecular complexity index is 136. The minimum absolute atomic E-state index is 0.0131. The van der Waals surface area contributed by atoms with Crippen LogP contribution in [-0.2, 0) is 4.79 Å². The summed E-state index contributed by atoms with van der Waals surface area (Å²) in [5.41, 5.74) is 0. The summed E-state index contributed by atoms with van der Waals surface area (Å²) in [6.07, 6.45) is -4.31. The van der Waals surface area contributed by atoms with Gasteiger partial charge in [-0.15, -0.1) is 0 Å². The van der Waals surface area contributed by atoms with E-state index in [1.807, 2.05) is 0 Å². The number of amides is 1. The quantitative estimate of drug-likeness (QED) is 0.634. The smallest absolute Gasteiger partial charge is 0.347 e. The van der Waals surface area contributed by atoms with Gasteiger partial charge in [0.05, 0.1) is 0 Å². The SMILES string of the molecule is O=C(CCS)NCC(F)(F)F. The Morgan fingerprint density at radius 3 is 2.36 bits per heavy atom. The zero-order valence-electron chi connectivity index (χ0n) is 5.61. The van der Waals surface area contributed by atoms with Gasteiger partial charge in [0, 0.05) is 6.42 Å². The van der Waals surface area contributed by atoms with Gasteiger partial charge in [0.2, 0.25) is 5.91 Å². The molecule has 0 bridgehead atoms. The fourth-order valence-electron chi connectivity index (χ4n) is 0.389. The van der Waals surface area contributed by atoms with Crippen molar-refractivity contribution in [3.63, 3.8) is 0 Å². The Labute approximate surface area is 67.6 Å². The molecule has 0 aliphatic carbocycles. The van der Waals surface area contributed by atoms with Crippen molar-refractivity contribution < 1.29 is 18.0 Å². The van der Waals surface area contributed by atoms with E-state index in [4.69, 9.17) is 0 Å². The lowest BCUT2D eigenvalue weighted by atomic mass is 10.4. The monoisotopic (exact) mass is 187 g/mol. The highest BCUT2D eigenvalue weighted by Gasteiger charge is 2.27. The predicted octanol–water partition coefficient (Wildman–Crippen LogP) is 0.985. The largest absolute Gasteiger partial charge is 0.405 e. The maximum atomic E-state index is 11.4. The summed E-state index contributed by atoms with van der Waals surface area (Å²) in [7, 11) is 0. The maximum Gasteiger partial charge on any atom is 0.405 e. The van der Waals surface area contributed by atoms with Crippen LogP contribution in [0.5, 0.6) is 0 Å². The van der Waals surface area contributed by atoms with E-state index < -0.39 is 18.6 Å². The third-order valence-corrected chi connectivity index (χ3v) is 1.05. The van der Waals surface area contributed by atoms with Gasteiger partial charge in [0.25, 0.3) is 0 Å². The maximum absolute atomic E-state index is 11.4. The summed E-state index contributed by atoms with van der Waals surface area (Å²) in [6, 6.07) is 0. The van der Waals surface area contributed by atoms with Crippen LogP contribution in [0.1, 0.15) is 6.42 Å². The van der Waals surface area contributed by atoms with Crippen LogP contribution >= 0.6 is 12.6 Å². The van der Waals surface area contributed by atoms with Gasteiger partial charge >= 0.3 is 6.18 Å². The van der Waals surface area contributed by atoms with Crippen molar-refractivity contribution in [3.8, 4) is 0 Å². The van der Waals surface area contributed by atoms with E-state index in [0.717, 1.165) is 0 Å². The lowest BCUT2D eigenvalue weighted by molar-refractivity contribution is -0.138. The first-order valence-corrected chi connectivity index (χ1v) is 3.53. The third-order valence-electron chi connectivity index (χ3n) is 0.825. The minimum atomic E-state index is -4.33. The van der Waals surface area contributed by atoms with E-state index in [1.165, 1.54) is 0 Å². The highest BCUT2D eigenvalue weighted by atomic mass is 32.1. The zero-order chi connectivity index (χ0) is 8.91. The van der Waals surface area contributed by atoms with Crippen LogP contribution in [-0.4, -0.2) is 24.4 Å². The van der Waals surface area contributed by atoms with Crippen LogP contribution in [0.15, 0.2) is 0 Å². The number of carbonyl (C=O) groups is 1. The predicted molar refractivity (Wildman–Crippen MR) is 37.5 cm³/mol. The fraction of sp³-hybridized carbons (Fsp3) is 0.800. The van der Waals surface area contributed by atoms with E-state index in [1.54, 1.807) is 5.32 Å². The summed E-state index contributed by atoms with van der Waals surface area (Å²) in [5.74, 6) is -0.374. The van der Waals surface area contributed by atoms with Crippen LogP contribution in [0.25, 0.3) is 0 Å². The lowest BCUT2D eigenvalue weighted by Crippen LogP contribution is -2.33. The number of carbonyl (C=O) groups excluding carboxylic acids is 1. The second-order valence-electron chi connectivity index (χ2n) is 1.87. The molecule has 11 heavy (non-hydrogen) atoms. The van der Waals surface area contributed by atoms with E-state index in [-0.39, 0.29) is 12.2 Å². The summed E-state index contributed by atoms with van der Waals surface area (Å²) < 4.78 is 34.3. The molecule has 0 saturated carbocycles. The van der Waals surface area contributed by atoms with Crippen molar-refractivity contribution in [3.05, 3.63) is 0 Å². The standard InChI is InChI=1S/C5H8F3NOS/c6-5(7,8)3-9-4(10)1-2-11/h11H,1-3H2,(H,9,10). The van der Waals surface area contributed by atoms with E-state index in [9.17, 15) is 18.0 Å². The first-order chi connectivity index (χ1) is 4.95. The fourth-order valence-corrected chi connectivity index (χ4v) is 0.592. The number of nitrogens with one attached hydrogen (secondary N) is 1. The van der Waals surface area contributed by atoms with Crippen LogP contribution in [0.4, 0.5) is 13.2 Å². The number of halogens is 3. The van der Waals surface area contributed by atoms with Gasteiger partial charge in [-0.2, -0.15) is 25.8 Å². The average Bonchev–Trinajstić information content (AvgIpc) is 1.83. The van der Waals surface area contributed by atoms with Gasteiger partial charge in [0.15, 0.2) is 0 Å². The normalized spacial score (nSPS) is 11.3. The molecule has 0 rings (SSSR count). The highest BCUT2D eigenvalue weighted by Crippen LogP contribution is 2.12. The van der Waals surface area contributed by atoms with Crippen LogP contribution < -0.4 is 5.32 Å². The molecule has 1 N–H and O–H groups in total. The molecule has 0 aliphatic heterocycles. The van der Waals surface area contributed by atoms with Crippen molar-refractivity contribution in [2.75, 3.05) is 12.3 Å². The number of thiol groups is 1. The van der Waals surface area contributed by atoms with Gasteiger partial charge in [-0.05, 0) is 5.75 Å². The van der Waals surface area contributed by atoms with E-state index in [2.05, 4.69) is 12.6 Å². The Hall–Kier alpha value is -0.390. The van der Waals surface area contributed by atoms with Crippen molar-refractivity contribution in [1.82, 2.24) is 5.32 Å². The number of rotatable bonds is 3. The van der Waals surface area contributed by atoms with Gasteiger partial charge in [-0.1, -0.05) is 0 Å². The van der Waals surface area contributed by atoms with Crippen LogP contribution in [0.2, 0.25) is 0 Å². The molecule has 0 fully saturated rings. The van der Waals surface area contributed by atoms with Gasteiger partial charge < -0.3 is 5.32 Å². The molecule has 66 valence electrons. The highest BCUT2D eigenvalue weighted by molar-refractivity contribution is 7.80. The average molecular weight is 187 g/mol. The molecule has 0 spiro atoms. The molecular weight excluding hydrogens is 179 g/mol. The molecule has 0 unspecified atom stereocenters. The minimum Gasteiger partial charge on any atom is -0.347 e. The molecular formula is C5H8F3NOS. The molecule has 0 heterocycles. The molecule has 0 saturated heterocycles. The molecule has 1 amide bonds. The molecule has 0 atom stereocenters. The van der Waals surface area contributed by atoms with Crippen molar-refractivity contribution >= 4 is 18.5 Å². The van der Waals surface area contributed by atoms with Crippen molar-refractivity contribution in [2.45, 2.75) is 12.6 Å². The molecule has 2 nitrogen and oxygen atoms in total. The molecule has 0 aliphatic rings. The number of alkyl halides is 3. The second kappa shape index (κ2) is 4.48. The molecule has 0 aromatic rings. The first-order valence-electron chi connectivity index (χ1n) is 2.90. The van der Waals surface area contributed by atoms with E-state index in [0.29, 0.717) is 0 Å². The van der Waals surface area contributed by atoms with Gasteiger partial charge in [-0.3, -0.25) is 4.79 Å². The Morgan fingerprint density at radius 2 is 2.00 bits per heavy atom. The zero-order valence-corrected chi connectivity index (χ0v) is 6.51. The number of hydrogen-bond donors (Lipinski definition) is 2. The Kier molecular flexibility index (Phi) is 4.32. The molecule has 0 radical (unpaired) electrons. The van der Waals surface area contributed by atoms with E-state index >= 15 is 0 Å². The Balaban J connectivity index is 3.46. The van der Waals surface area contributed by atoms with Gasteiger partial charge in [-0.25, -0.2) is 0 Å². The van der Waals surface area contributed by atoms with Crippen molar-refractivity contribution in [1.29, 1.82) is 0 Å². The van der Waals surface area contributed by atoms with Crippen LogP contribution in [0, 0.1) is 0 Å². The van der Waals surface area contributed by atoms with Crippen molar-refractivity contribution in [2.24, 2.45) is 0 Å². The Morgan fingerprint density at radius 1 is 1.45 bits per heavy atom. The lowest BCUT2D eigenvalue weighted by Gasteiger charge is -2.06. The van der Waals surface area contributed by atoms with Gasteiger partial charge in [0.1, 0.15) is 6.54 Å². The molecule has 0 aromatic heterocycles. The first kappa shape index (κ1) is 10.6. The topological polar surface area (TPSA) is 29.1 Å². The summed E-state index contributed by atoms with van der Waals surface area (Å²) in [4.78, 5) is 10.4. The van der Waals surface area contributed by atoms with Crippen LogP contribution in [0.3, 0.4) is 0 Å². The molecule has 0 aromatic carbocycles. The third kappa shape index (κ3) is 7.51.